The highest BCUT2D eigenvalue weighted by molar-refractivity contribution is 5.85. The maximum Gasteiger partial charge on any atom is 0.0132 e. The summed E-state index contributed by atoms with van der Waals surface area (Å²) in [5.41, 5.74) is 0.508. The number of rotatable bonds is 7. The van der Waals surface area contributed by atoms with E-state index < -0.39 is 0 Å². The van der Waals surface area contributed by atoms with Crippen molar-refractivity contribution >= 4 is 12.4 Å². The Morgan fingerprint density at radius 1 is 1.13 bits per heavy atom. The molecule has 2 nitrogen and oxygen atoms in total. The lowest BCUT2D eigenvalue weighted by Crippen LogP contribution is -2.14. The summed E-state index contributed by atoms with van der Waals surface area (Å²) < 4.78 is 0. The van der Waals surface area contributed by atoms with Crippen molar-refractivity contribution in [1.29, 1.82) is 0 Å². The van der Waals surface area contributed by atoms with Crippen molar-refractivity contribution in [2.75, 3.05) is 13.1 Å². The summed E-state index contributed by atoms with van der Waals surface area (Å²) in [7, 11) is 0. The molecule has 0 bridgehead atoms. The molecular formula is C12H29ClN2. The fourth-order valence-corrected chi connectivity index (χ4v) is 1.29. The smallest absolute Gasteiger partial charge is 0.0132 e. The molecule has 0 heterocycles. The predicted octanol–water partition coefficient (Wildman–Crippen LogP) is 3.95. The minimum atomic E-state index is 0. The molecule has 0 aliphatic rings. The molecule has 0 fully saturated rings. The van der Waals surface area contributed by atoms with Crippen LogP contribution in [-0.2, 0) is 0 Å². The van der Waals surface area contributed by atoms with E-state index in [0.717, 1.165) is 13.1 Å². The van der Waals surface area contributed by atoms with Gasteiger partial charge in [0.1, 0.15) is 0 Å². The number of hydrogen-bond acceptors (Lipinski definition) is 2. The van der Waals surface area contributed by atoms with Crippen LogP contribution in [-0.4, -0.2) is 13.1 Å². The molecule has 4 N–H and O–H groups in total. The molecule has 0 aromatic rings. The van der Waals surface area contributed by atoms with Gasteiger partial charge in [-0.15, -0.1) is 19.0 Å². The first-order valence-corrected chi connectivity index (χ1v) is 5.38. The van der Waals surface area contributed by atoms with E-state index in [2.05, 4.69) is 32.7 Å². The number of nitrogens with one attached hydrogen (secondary N) is 1. The highest BCUT2D eigenvalue weighted by Gasteiger charge is 2.08. The van der Waals surface area contributed by atoms with Crippen LogP contribution in [0.25, 0.3) is 0 Å². The normalized spacial score (nSPS) is 10.1. The molecule has 0 saturated carbocycles. The average Bonchev–Trinajstić information content (AvgIpc) is 2.01. The van der Waals surface area contributed by atoms with Gasteiger partial charge in [-0.1, -0.05) is 39.7 Å². The van der Waals surface area contributed by atoms with Crippen LogP contribution in [0.2, 0.25) is 0 Å². The SMILES string of the molecule is C=CCNCCCCCC(C)(C)C.Cl.N. The lowest BCUT2D eigenvalue weighted by atomic mass is 9.89. The van der Waals surface area contributed by atoms with E-state index in [1.165, 1.54) is 25.7 Å². The van der Waals surface area contributed by atoms with Crippen LogP contribution in [0.1, 0.15) is 46.5 Å². The van der Waals surface area contributed by atoms with E-state index in [-0.39, 0.29) is 18.6 Å². The average molecular weight is 237 g/mol. The Bertz CT molecular complexity index is 130. The molecule has 0 rings (SSSR count). The largest absolute Gasteiger partial charge is 0.344 e. The van der Waals surface area contributed by atoms with Crippen LogP contribution in [0.3, 0.4) is 0 Å². The van der Waals surface area contributed by atoms with Gasteiger partial charge >= 0.3 is 0 Å². The van der Waals surface area contributed by atoms with Crippen molar-refractivity contribution in [2.24, 2.45) is 5.41 Å². The van der Waals surface area contributed by atoms with Gasteiger partial charge in [0.25, 0.3) is 0 Å². The summed E-state index contributed by atoms with van der Waals surface area (Å²) in [5, 5.41) is 3.31. The summed E-state index contributed by atoms with van der Waals surface area (Å²) in [5.74, 6) is 0. The fraction of sp³-hybridized carbons (Fsp3) is 0.833. The van der Waals surface area contributed by atoms with E-state index in [1.54, 1.807) is 0 Å². The molecule has 3 heteroatoms. The highest BCUT2D eigenvalue weighted by Crippen LogP contribution is 2.21. The summed E-state index contributed by atoms with van der Waals surface area (Å²) in [6.45, 7) is 12.7. The van der Waals surface area contributed by atoms with E-state index in [9.17, 15) is 0 Å². The third-order valence-corrected chi connectivity index (χ3v) is 2.07. The third-order valence-electron chi connectivity index (χ3n) is 2.07. The molecular weight excluding hydrogens is 208 g/mol. The van der Waals surface area contributed by atoms with Crippen molar-refractivity contribution in [2.45, 2.75) is 46.5 Å². The minimum absolute atomic E-state index is 0. The monoisotopic (exact) mass is 236 g/mol. The molecule has 15 heavy (non-hydrogen) atoms. The second-order valence-electron chi connectivity index (χ2n) is 4.86. The van der Waals surface area contributed by atoms with E-state index >= 15 is 0 Å². The van der Waals surface area contributed by atoms with Crippen LogP contribution in [0.15, 0.2) is 12.7 Å². The van der Waals surface area contributed by atoms with Crippen molar-refractivity contribution in [3.8, 4) is 0 Å². The second-order valence-corrected chi connectivity index (χ2v) is 4.86. The van der Waals surface area contributed by atoms with E-state index in [0.29, 0.717) is 5.41 Å². The van der Waals surface area contributed by atoms with Crippen LogP contribution in [0.5, 0.6) is 0 Å². The first-order valence-electron chi connectivity index (χ1n) is 5.38. The predicted molar refractivity (Wildman–Crippen MR) is 73.3 cm³/mol. The molecule has 0 aromatic heterocycles. The molecule has 0 aromatic carbocycles. The molecule has 0 unspecified atom stereocenters. The Kier molecular flexibility index (Phi) is 16.3. The molecule has 0 amide bonds. The molecule has 94 valence electrons. The van der Waals surface area contributed by atoms with Gasteiger partial charge in [0.05, 0.1) is 0 Å². The maximum absolute atomic E-state index is 3.66. The zero-order valence-corrected chi connectivity index (χ0v) is 11.5. The van der Waals surface area contributed by atoms with Crippen molar-refractivity contribution < 1.29 is 0 Å². The van der Waals surface area contributed by atoms with E-state index in [1.807, 2.05) is 6.08 Å². The van der Waals surface area contributed by atoms with Gasteiger partial charge in [0.2, 0.25) is 0 Å². The number of hydrogen-bond donors (Lipinski definition) is 2. The molecule has 0 atom stereocenters. The fourth-order valence-electron chi connectivity index (χ4n) is 1.29. The molecule has 0 spiro atoms. The summed E-state index contributed by atoms with van der Waals surface area (Å²) in [6.07, 6.45) is 7.26. The zero-order chi connectivity index (χ0) is 10.2. The zero-order valence-electron chi connectivity index (χ0n) is 10.6. The first kappa shape index (κ1) is 20.4. The van der Waals surface area contributed by atoms with Gasteiger partial charge < -0.3 is 11.5 Å². The third kappa shape index (κ3) is 20.1. The topological polar surface area (TPSA) is 47.0 Å². The molecule has 0 aliphatic carbocycles. The van der Waals surface area contributed by atoms with Crippen molar-refractivity contribution in [1.82, 2.24) is 11.5 Å². The van der Waals surface area contributed by atoms with Crippen LogP contribution >= 0.6 is 12.4 Å². The Labute approximate surface area is 102 Å². The number of unbranched alkanes of at least 4 members (excludes halogenated alkanes) is 2. The summed E-state index contributed by atoms with van der Waals surface area (Å²) in [6, 6.07) is 0. The van der Waals surface area contributed by atoms with E-state index in [4.69, 9.17) is 0 Å². The van der Waals surface area contributed by atoms with Gasteiger partial charge in [0, 0.05) is 6.54 Å². The van der Waals surface area contributed by atoms with Gasteiger partial charge in [-0.3, -0.25) is 0 Å². The first-order chi connectivity index (χ1) is 6.06. The van der Waals surface area contributed by atoms with Crippen LogP contribution < -0.4 is 11.5 Å². The lowest BCUT2D eigenvalue weighted by Gasteiger charge is -2.17. The van der Waals surface area contributed by atoms with Crippen LogP contribution in [0, 0.1) is 5.41 Å². The molecule has 0 radical (unpaired) electrons. The second kappa shape index (κ2) is 12.0. The van der Waals surface area contributed by atoms with Gasteiger partial charge in [0.15, 0.2) is 0 Å². The Morgan fingerprint density at radius 2 is 1.73 bits per heavy atom. The Hall–Kier alpha value is -0.0500. The maximum atomic E-state index is 3.66. The highest BCUT2D eigenvalue weighted by atomic mass is 35.5. The van der Waals surface area contributed by atoms with Gasteiger partial charge in [-0.2, -0.15) is 0 Å². The Morgan fingerprint density at radius 3 is 2.20 bits per heavy atom. The Balaban J connectivity index is -0.000000720. The van der Waals surface area contributed by atoms with Gasteiger partial charge in [-0.25, -0.2) is 0 Å². The number of halogens is 1. The van der Waals surface area contributed by atoms with Crippen molar-refractivity contribution in [3.05, 3.63) is 12.7 Å². The minimum Gasteiger partial charge on any atom is -0.344 e. The van der Waals surface area contributed by atoms with Crippen LogP contribution in [0.4, 0.5) is 0 Å². The molecule has 0 aliphatic heterocycles. The molecule has 0 saturated heterocycles. The van der Waals surface area contributed by atoms with Gasteiger partial charge in [-0.05, 0) is 24.8 Å². The summed E-state index contributed by atoms with van der Waals surface area (Å²) in [4.78, 5) is 0. The lowest BCUT2D eigenvalue weighted by molar-refractivity contribution is 0.357. The summed E-state index contributed by atoms with van der Waals surface area (Å²) >= 11 is 0. The quantitative estimate of drug-likeness (QED) is 0.519. The van der Waals surface area contributed by atoms with Crippen molar-refractivity contribution in [3.63, 3.8) is 0 Å². The standard InChI is InChI=1S/C12H25N.ClH.H3N/c1-5-10-13-11-8-6-7-9-12(2,3)4;;/h5,13H,1,6-11H2,2-4H3;1H;1H3.